The van der Waals surface area contributed by atoms with Crippen LogP contribution >= 0.6 is 0 Å². The zero-order valence-electron chi connectivity index (χ0n) is 20.3. The van der Waals surface area contributed by atoms with Crippen LogP contribution in [0.2, 0.25) is 0 Å². The van der Waals surface area contributed by atoms with E-state index in [-0.39, 0.29) is 12.4 Å². The van der Waals surface area contributed by atoms with Crippen molar-refractivity contribution in [1.29, 1.82) is 0 Å². The molecule has 8 nitrogen and oxygen atoms in total. The number of likely N-dealkylation sites (tertiary alicyclic amines) is 1. The number of carbonyl (C=O) groups is 1. The quantitative estimate of drug-likeness (QED) is 0.455. The number of ether oxygens (including phenoxy) is 1. The van der Waals surface area contributed by atoms with Crippen LogP contribution in [-0.4, -0.2) is 65.8 Å². The normalized spacial score (nSPS) is 15.5. The Balaban J connectivity index is 0.000000198. The van der Waals surface area contributed by atoms with Gasteiger partial charge in [0, 0.05) is 38.8 Å². The van der Waals surface area contributed by atoms with Gasteiger partial charge in [0.1, 0.15) is 11.6 Å². The first-order valence-electron chi connectivity index (χ1n) is 11.7. The summed E-state index contributed by atoms with van der Waals surface area (Å²) in [7, 11) is 1.73. The molecule has 1 aliphatic rings. The molecule has 4 rings (SSSR count). The second kappa shape index (κ2) is 13.0. The van der Waals surface area contributed by atoms with E-state index in [1.54, 1.807) is 23.9 Å². The van der Waals surface area contributed by atoms with Crippen LogP contribution in [0, 0.1) is 12.7 Å². The molecule has 0 saturated carbocycles. The van der Waals surface area contributed by atoms with E-state index in [1.807, 2.05) is 49.4 Å². The highest BCUT2D eigenvalue weighted by atomic mass is 19.1. The number of urea groups is 1. The number of anilines is 1. The molecule has 1 aromatic heterocycles. The smallest absolute Gasteiger partial charge is 0.317 e. The number of para-hydroxylation sites is 1. The van der Waals surface area contributed by atoms with Crippen molar-refractivity contribution in [3.8, 4) is 5.69 Å². The lowest BCUT2D eigenvalue weighted by molar-refractivity contribution is 0.160. The molecule has 9 heteroatoms. The van der Waals surface area contributed by atoms with E-state index in [9.17, 15) is 9.18 Å². The molecule has 0 bridgehead atoms. The van der Waals surface area contributed by atoms with Crippen LogP contribution in [0.1, 0.15) is 29.2 Å². The van der Waals surface area contributed by atoms with Gasteiger partial charge in [0.15, 0.2) is 0 Å². The Kier molecular flexibility index (Phi) is 9.77. The predicted octanol–water partition coefficient (Wildman–Crippen LogP) is 3.47. The van der Waals surface area contributed by atoms with Gasteiger partial charge >= 0.3 is 6.03 Å². The molecule has 4 N–H and O–H groups in total. The number of aliphatic hydroxyl groups excluding tert-OH is 1. The highest BCUT2D eigenvalue weighted by molar-refractivity contribution is 5.88. The fourth-order valence-corrected chi connectivity index (χ4v) is 4.17. The number of amides is 2. The largest absolute Gasteiger partial charge is 0.396 e. The molecule has 1 aliphatic heterocycles. The summed E-state index contributed by atoms with van der Waals surface area (Å²) in [6.07, 6.45) is 1.59. The molecule has 188 valence electrons. The Labute approximate surface area is 205 Å². The van der Waals surface area contributed by atoms with E-state index in [4.69, 9.17) is 15.6 Å². The third-order valence-electron chi connectivity index (χ3n) is 6.04. The van der Waals surface area contributed by atoms with Crippen molar-refractivity contribution in [3.63, 3.8) is 0 Å². The van der Waals surface area contributed by atoms with Gasteiger partial charge in [0.25, 0.3) is 0 Å². The average molecular weight is 484 g/mol. The van der Waals surface area contributed by atoms with Crippen LogP contribution in [-0.2, 0) is 11.2 Å². The lowest BCUT2D eigenvalue weighted by Crippen LogP contribution is -2.24. The predicted molar refractivity (Wildman–Crippen MR) is 134 cm³/mol. The monoisotopic (exact) mass is 483 g/mol. The number of nitrogens with one attached hydrogen (secondary N) is 1. The number of rotatable bonds is 8. The molecule has 0 aliphatic carbocycles. The number of methoxy groups -OCH3 is 1. The molecule has 1 atom stereocenters. The summed E-state index contributed by atoms with van der Waals surface area (Å²) in [4.78, 5) is 13.5. The first kappa shape index (κ1) is 26.3. The highest BCUT2D eigenvalue weighted by Gasteiger charge is 2.23. The molecule has 1 saturated heterocycles. The molecule has 3 aromatic rings. The van der Waals surface area contributed by atoms with Gasteiger partial charge in [0.2, 0.25) is 0 Å². The fraction of sp³-hybridized carbons (Fsp3) is 0.385. The summed E-state index contributed by atoms with van der Waals surface area (Å²) in [5.74, 6) is 0.928. The lowest BCUT2D eigenvalue weighted by Gasteiger charge is -2.15. The number of nitrogens with two attached hydrogens (primary N) is 1. The van der Waals surface area contributed by atoms with Gasteiger partial charge in [0.05, 0.1) is 18.0 Å². The number of primary amides is 1. The van der Waals surface area contributed by atoms with Crippen molar-refractivity contribution in [2.75, 3.05) is 45.3 Å². The Hall–Kier alpha value is -3.27. The number of hydrogen-bond acceptors (Lipinski definition) is 5. The SMILES string of the molecule is COCCN1CCC(c2ccc(F)cc2)C1.Cc1c(CCO)nn(-c2ccccc2)c1NC(N)=O. The molecule has 2 aromatic carbocycles. The Morgan fingerprint density at radius 3 is 2.57 bits per heavy atom. The standard InChI is InChI=1S/C13H18FNO.C13H16N4O2/c1-16-9-8-15-7-6-12(10-15)11-2-4-13(14)5-3-11;1-9-11(7-8-18)16-17(12(9)15-13(14)19)10-5-3-2-4-6-10/h2-5,12H,6-10H2,1H3;2-6,18H,7-8H2,1H3,(H3,14,15,19). The highest BCUT2D eigenvalue weighted by Crippen LogP contribution is 2.27. The number of carbonyl (C=O) groups excluding carboxylic acids is 1. The maximum absolute atomic E-state index is 12.8. The second-order valence-corrected chi connectivity index (χ2v) is 8.46. The van der Waals surface area contributed by atoms with Crippen molar-refractivity contribution >= 4 is 11.8 Å². The molecule has 1 unspecified atom stereocenters. The van der Waals surface area contributed by atoms with Gasteiger partial charge in [-0.25, -0.2) is 13.9 Å². The van der Waals surface area contributed by atoms with Crippen molar-refractivity contribution in [1.82, 2.24) is 14.7 Å². The molecule has 0 radical (unpaired) electrons. The molecule has 1 fully saturated rings. The molecule has 35 heavy (non-hydrogen) atoms. The van der Waals surface area contributed by atoms with Crippen LogP contribution < -0.4 is 11.1 Å². The number of aromatic nitrogens is 2. The summed E-state index contributed by atoms with van der Waals surface area (Å²) in [6, 6.07) is 15.7. The Bertz CT molecular complexity index is 1070. The third kappa shape index (κ3) is 7.35. The average Bonchev–Trinajstić information content (AvgIpc) is 3.45. The number of hydrogen-bond donors (Lipinski definition) is 3. The fourth-order valence-electron chi connectivity index (χ4n) is 4.17. The van der Waals surface area contributed by atoms with E-state index < -0.39 is 6.03 Å². The van der Waals surface area contributed by atoms with Crippen molar-refractivity contribution in [2.45, 2.75) is 25.7 Å². The maximum Gasteiger partial charge on any atom is 0.317 e. The van der Waals surface area contributed by atoms with Crippen LogP contribution in [0.15, 0.2) is 54.6 Å². The van der Waals surface area contributed by atoms with E-state index in [0.29, 0.717) is 18.2 Å². The number of aliphatic hydroxyl groups is 1. The topological polar surface area (TPSA) is 106 Å². The number of nitrogens with zero attached hydrogens (tertiary/aromatic N) is 3. The summed E-state index contributed by atoms with van der Waals surface area (Å²) in [5.41, 5.74) is 8.79. The van der Waals surface area contributed by atoms with Gasteiger partial charge in [-0.3, -0.25) is 5.32 Å². The molecular formula is C26H34FN5O3. The molecule has 0 spiro atoms. The Morgan fingerprint density at radius 1 is 1.23 bits per heavy atom. The maximum atomic E-state index is 12.8. The second-order valence-electron chi connectivity index (χ2n) is 8.46. The van der Waals surface area contributed by atoms with Crippen molar-refractivity contribution in [3.05, 3.63) is 77.2 Å². The minimum Gasteiger partial charge on any atom is -0.396 e. The van der Waals surface area contributed by atoms with Gasteiger partial charge < -0.3 is 20.5 Å². The van der Waals surface area contributed by atoms with Gasteiger partial charge in [-0.1, -0.05) is 30.3 Å². The first-order chi connectivity index (χ1) is 16.9. The zero-order valence-corrected chi connectivity index (χ0v) is 20.3. The minimum absolute atomic E-state index is 0.00263. The van der Waals surface area contributed by atoms with Crippen molar-refractivity contribution < 1.29 is 19.0 Å². The third-order valence-corrected chi connectivity index (χ3v) is 6.04. The molecule has 2 amide bonds. The summed E-state index contributed by atoms with van der Waals surface area (Å²) in [6.45, 7) is 5.80. The number of benzene rings is 2. The van der Waals surface area contributed by atoms with Crippen LogP contribution in [0.4, 0.5) is 15.0 Å². The molecular weight excluding hydrogens is 449 g/mol. The molecule has 2 heterocycles. The summed E-state index contributed by atoms with van der Waals surface area (Å²) < 4.78 is 19.5. The minimum atomic E-state index is -0.643. The van der Waals surface area contributed by atoms with Crippen molar-refractivity contribution in [2.24, 2.45) is 5.73 Å². The lowest BCUT2D eigenvalue weighted by atomic mass is 9.99. The van der Waals surface area contributed by atoms with E-state index in [2.05, 4.69) is 15.3 Å². The van der Waals surface area contributed by atoms with Crippen LogP contribution in [0.5, 0.6) is 0 Å². The van der Waals surface area contributed by atoms with Gasteiger partial charge in [-0.15, -0.1) is 0 Å². The van der Waals surface area contributed by atoms with E-state index in [0.717, 1.165) is 49.6 Å². The number of halogens is 1. The van der Waals surface area contributed by atoms with Gasteiger partial charge in [-0.05, 0) is 55.6 Å². The van der Waals surface area contributed by atoms with Gasteiger partial charge in [-0.2, -0.15) is 5.10 Å². The summed E-state index contributed by atoms with van der Waals surface area (Å²) in [5, 5.41) is 16.0. The van der Waals surface area contributed by atoms with Crippen LogP contribution in [0.25, 0.3) is 5.69 Å². The Morgan fingerprint density at radius 2 is 1.94 bits per heavy atom. The summed E-state index contributed by atoms with van der Waals surface area (Å²) >= 11 is 0. The first-order valence-corrected chi connectivity index (χ1v) is 11.7. The van der Waals surface area contributed by atoms with E-state index in [1.165, 1.54) is 5.56 Å². The van der Waals surface area contributed by atoms with E-state index >= 15 is 0 Å². The zero-order chi connectivity index (χ0) is 25.2. The van der Waals surface area contributed by atoms with Crippen LogP contribution in [0.3, 0.4) is 0 Å².